The second-order valence-electron chi connectivity index (χ2n) is 4.88. The van der Waals surface area contributed by atoms with Crippen LogP contribution in [-0.2, 0) is 18.6 Å². The number of hydrogen-bond acceptors (Lipinski definition) is 4. The van der Waals surface area contributed by atoms with Gasteiger partial charge in [0.05, 0.1) is 5.75 Å². The molecule has 0 atom stereocenters. The molecule has 5 heteroatoms. The van der Waals surface area contributed by atoms with Crippen LogP contribution in [0.3, 0.4) is 0 Å². The average molecular weight is 289 g/mol. The third-order valence-electron chi connectivity index (χ3n) is 3.45. The first-order chi connectivity index (χ1) is 9.74. The molecule has 3 rings (SSSR count). The summed E-state index contributed by atoms with van der Waals surface area (Å²) in [5.74, 6) is 1.62. The number of nitrogens with two attached hydrogens (primary N) is 1. The van der Waals surface area contributed by atoms with Gasteiger partial charge in [0.25, 0.3) is 0 Å². The predicted octanol–water partition coefficient (Wildman–Crippen LogP) is 3.37. The first kappa shape index (κ1) is 13.4. The van der Waals surface area contributed by atoms with E-state index < -0.39 is 0 Å². The molecule has 3 nitrogen and oxygen atoms in total. The van der Waals surface area contributed by atoms with Crippen molar-refractivity contribution < 1.29 is 4.39 Å². The topological polar surface area (TPSA) is 51.8 Å². The van der Waals surface area contributed by atoms with E-state index in [-0.39, 0.29) is 5.82 Å². The number of halogens is 1. The van der Waals surface area contributed by atoms with Gasteiger partial charge in [0.2, 0.25) is 0 Å². The maximum absolute atomic E-state index is 13.6. The summed E-state index contributed by atoms with van der Waals surface area (Å²) >= 11 is 1.40. The molecule has 1 aliphatic carbocycles. The van der Waals surface area contributed by atoms with Crippen molar-refractivity contribution >= 4 is 17.6 Å². The van der Waals surface area contributed by atoms with Crippen molar-refractivity contribution in [2.45, 2.75) is 36.3 Å². The first-order valence-corrected chi connectivity index (χ1v) is 7.74. The predicted molar refractivity (Wildman–Crippen MR) is 79.0 cm³/mol. The highest BCUT2D eigenvalue weighted by atomic mass is 32.2. The molecule has 0 saturated carbocycles. The number of rotatable bonds is 3. The molecule has 0 radical (unpaired) electrons. The van der Waals surface area contributed by atoms with Crippen LogP contribution in [0.5, 0.6) is 0 Å². The fourth-order valence-corrected chi connectivity index (χ4v) is 3.24. The molecule has 104 valence electrons. The lowest BCUT2D eigenvalue weighted by Crippen LogP contribution is -2.12. The van der Waals surface area contributed by atoms with Gasteiger partial charge in [-0.25, -0.2) is 14.4 Å². The highest BCUT2D eigenvalue weighted by molar-refractivity contribution is 7.98. The quantitative estimate of drug-likeness (QED) is 0.880. The van der Waals surface area contributed by atoms with Crippen LogP contribution in [0.4, 0.5) is 10.2 Å². The molecule has 0 amide bonds. The zero-order chi connectivity index (χ0) is 13.9. The molecule has 0 unspecified atom stereocenters. The molecule has 20 heavy (non-hydrogen) atoms. The molecule has 0 fully saturated rings. The number of nitrogen functional groups attached to an aromatic ring is 1. The second-order valence-corrected chi connectivity index (χ2v) is 5.89. The Bertz CT molecular complexity index is 631. The van der Waals surface area contributed by atoms with Crippen LogP contribution in [0.2, 0.25) is 0 Å². The summed E-state index contributed by atoms with van der Waals surface area (Å²) in [7, 11) is 0. The third kappa shape index (κ3) is 2.77. The number of benzene rings is 1. The van der Waals surface area contributed by atoms with Crippen molar-refractivity contribution in [2.24, 2.45) is 0 Å². The summed E-state index contributed by atoms with van der Waals surface area (Å²) in [6.07, 6.45) is 4.26. The molecule has 0 bridgehead atoms. The summed E-state index contributed by atoms with van der Waals surface area (Å²) in [5, 5.41) is 0. The second kappa shape index (κ2) is 5.79. The monoisotopic (exact) mass is 289 g/mol. The number of hydrogen-bond donors (Lipinski definition) is 1. The Hall–Kier alpha value is -1.62. The number of aryl methyl sites for hydroxylation is 1. The van der Waals surface area contributed by atoms with Crippen LogP contribution in [0, 0.1) is 5.82 Å². The smallest absolute Gasteiger partial charge is 0.141 e. The van der Waals surface area contributed by atoms with Gasteiger partial charge < -0.3 is 5.73 Å². The number of anilines is 1. The normalized spacial score (nSPS) is 14.1. The van der Waals surface area contributed by atoms with E-state index in [0.29, 0.717) is 22.3 Å². The van der Waals surface area contributed by atoms with Crippen LogP contribution in [0.1, 0.15) is 29.9 Å². The van der Waals surface area contributed by atoms with Gasteiger partial charge in [-0.15, -0.1) is 11.8 Å². The molecule has 2 N–H and O–H groups in total. The lowest BCUT2D eigenvalue weighted by Gasteiger charge is -2.17. The van der Waals surface area contributed by atoms with E-state index in [2.05, 4.69) is 9.97 Å². The zero-order valence-electron chi connectivity index (χ0n) is 11.1. The van der Waals surface area contributed by atoms with Crippen molar-refractivity contribution in [3.8, 4) is 0 Å². The average Bonchev–Trinajstić information content (AvgIpc) is 2.46. The van der Waals surface area contributed by atoms with Gasteiger partial charge in [0.1, 0.15) is 17.5 Å². The van der Waals surface area contributed by atoms with Gasteiger partial charge in [-0.1, -0.05) is 12.1 Å². The van der Waals surface area contributed by atoms with Gasteiger partial charge in [0, 0.05) is 16.2 Å². The van der Waals surface area contributed by atoms with Crippen LogP contribution in [0.15, 0.2) is 29.2 Å². The van der Waals surface area contributed by atoms with Crippen LogP contribution >= 0.6 is 11.8 Å². The van der Waals surface area contributed by atoms with Crippen LogP contribution in [0.25, 0.3) is 0 Å². The summed E-state index contributed by atoms with van der Waals surface area (Å²) in [6, 6.07) is 6.74. The largest absolute Gasteiger partial charge is 0.383 e. The molecule has 2 aromatic rings. The maximum atomic E-state index is 13.6. The minimum atomic E-state index is -0.205. The minimum absolute atomic E-state index is 0.205. The summed E-state index contributed by atoms with van der Waals surface area (Å²) < 4.78 is 13.6. The van der Waals surface area contributed by atoms with Gasteiger partial charge >= 0.3 is 0 Å². The lowest BCUT2D eigenvalue weighted by atomic mass is 9.96. The third-order valence-corrected chi connectivity index (χ3v) is 4.50. The Kier molecular flexibility index (Phi) is 3.87. The lowest BCUT2D eigenvalue weighted by molar-refractivity contribution is 0.602. The number of nitrogens with zero attached hydrogens (tertiary/aromatic N) is 2. The van der Waals surface area contributed by atoms with Crippen molar-refractivity contribution in [1.82, 2.24) is 9.97 Å². The van der Waals surface area contributed by atoms with E-state index in [1.54, 1.807) is 12.1 Å². The molecule has 1 aliphatic rings. The number of fused-ring (bicyclic) bond motifs is 1. The van der Waals surface area contributed by atoms with E-state index in [1.807, 2.05) is 6.07 Å². The molecule has 1 aromatic carbocycles. The molecule has 0 saturated heterocycles. The Morgan fingerprint density at radius 2 is 1.95 bits per heavy atom. The molecule has 1 aromatic heterocycles. The van der Waals surface area contributed by atoms with Crippen molar-refractivity contribution in [3.05, 3.63) is 47.2 Å². The van der Waals surface area contributed by atoms with Gasteiger partial charge in [-0.05, 0) is 37.8 Å². The Morgan fingerprint density at radius 1 is 1.15 bits per heavy atom. The zero-order valence-corrected chi connectivity index (χ0v) is 11.9. The van der Waals surface area contributed by atoms with Gasteiger partial charge in [0.15, 0.2) is 0 Å². The Balaban J connectivity index is 1.78. The van der Waals surface area contributed by atoms with Crippen molar-refractivity contribution in [2.75, 3.05) is 5.73 Å². The van der Waals surface area contributed by atoms with Gasteiger partial charge in [-0.3, -0.25) is 0 Å². The molecule has 0 spiro atoms. The minimum Gasteiger partial charge on any atom is -0.383 e. The van der Waals surface area contributed by atoms with E-state index in [0.717, 1.165) is 36.9 Å². The highest BCUT2D eigenvalue weighted by Crippen LogP contribution is 2.27. The first-order valence-electron chi connectivity index (χ1n) is 6.75. The van der Waals surface area contributed by atoms with E-state index in [4.69, 9.17) is 5.73 Å². The Morgan fingerprint density at radius 3 is 2.80 bits per heavy atom. The fraction of sp³-hybridized carbons (Fsp3) is 0.333. The standard InChI is InChI=1S/C15H16FN3S/c16-11-6-2-4-8-13(11)20-9-14-18-12-7-3-1-5-10(12)15(17)19-14/h2,4,6,8H,1,3,5,7,9H2,(H2,17,18,19). The Labute approximate surface area is 121 Å². The maximum Gasteiger partial charge on any atom is 0.141 e. The summed E-state index contributed by atoms with van der Waals surface area (Å²) in [6.45, 7) is 0. The summed E-state index contributed by atoms with van der Waals surface area (Å²) in [4.78, 5) is 9.56. The number of aromatic nitrogens is 2. The highest BCUT2D eigenvalue weighted by Gasteiger charge is 2.16. The van der Waals surface area contributed by atoms with Crippen LogP contribution < -0.4 is 5.73 Å². The molecule has 0 aliphatic heterocycles. The fourth-order valence-electron chi connectivity index (χ4n) is 2.44. The molecular formula is C15H16FN3S. The van der Waals surface area contributed by atoms with Crippen molar-refractivity contribution in [1.29, 1.82) is 0 Å². The molecule has 1 heterocycles. The van der Waals surface area contributed by atoms with Crippen molar-refractivity contribution in [3.63, 3.8) is 0 Å². The molecular weight excluding hydrogens is 273 g/mol. The van der Waals surface area contributed by atoms with E-state index >= 15 is 0 Å². The SMILES string of the molecule is Nc1nc(CSc2ccccc2F)nc2c1CCCC2. The number of thioether (sulfide) groups is 1. The van der Waals surface area contributed by atoms with E-state index in [1.165, 1.54) is 17.8 Å². The van der Waals surface area contributed by atoms with Crippen LogP contribution in [-0.4, -0.2) is 9.97 Å². The van der Waals surface area contributed by atoms with E-state index in [9.17, 15) is 4.39 Å². The van der Waals surface area contributed by atoms with Gasteiger partial charge in [-0.2, -0.15) is 0 Å². The summed E-state index contributed by atoms with van der Waals surface area (Å²) in [5.41, 5.74) is 8.19.